The summed E-state index contributed by atoms with van der Waals surface area (Å²) in [4.78, 5) is 16.3. The highest BCUT2D eigenvalue weighted by molar-refractivity contribution is 6.31. The van der Waals surface area contributed by atoms with E-state index in [1.54, 1.807) is 30.3 Å². The summed E-state index contributed by atoms with van der Waals surface area (Å²) in [7, 11) is 0. The molecule has 4 nitrogen and oxygen atoms in total. The predicted molar refractivity (Wildman–Crippen MR) is 120 cm³/mol. The van der Waals surface area contributed by atoms with Crippen LogP contribution in [0.15, 0.2) is 48.5 Å². The summed E-state index contributed by atoms with van der Waals surface area (Å²) in [6, 6.07) is 12.1. The minimum atomic E-state index is -4.57. The zero-order valence-corrected chi connectivity index (χ0v) is 18.4. The number of aromatic nitrogens is 1. The number of rotatable bonds is 4. The van der Waals surface area contributed by atoms with E-state index in [1.165, 1.54) is 12.1 Å². The van der Waals surface area contributed by atoms with Crippen LogP contribution in [0.3, 0.4) is 0 Å². The highest BCUT2D eigenvalue weighted by Gasteiger charge is 2.34. The fourth-order valence-corrected chi connectivity index (χ4v) is 4.40. The number of nitrogens with zero attached hydrogens (tertiary/aromatic N) is 1. The van der Waals surface area contributed by atoms with Crippen LogP contribution in [-0.4, -0.2) is 23.0 Å². The van der Waals surface area contributed by atoms with E-state index in [2.05, 4.69) is 15.6 Å². The van der Waals surface area contributed by atoms with E-state index in [0.29, 0.717) is 33.1 Å². The highest BCUT2D eigenvalue weighted by Crippen LogP contribution is 2.35. The van der Waals surface area contributed by atoms with Gasteiger partial charge in [0.2, 0.25) is 0 Å². The molecule has 2 N–H and O–H groups in total. The normalized spacial score (nSPS) is 19.0. The van der Waals surface area contributed by atoms with Gasteiger partial charge >= 0.3 is 6.18 Å². The standard InChI is InChI=1S/C23H20Cl2F3N3O/c24-14-4-1-3-13(9-14)22(32)30-17-6-2-5-16(11-17)29-20-12-21(23(26,27)28)31-19-8-7-15(25)10-18(19)20/h1,3-4,7-10,12,16-17H,2,5-6,11H2,(H,29,31)(H,30,32)/t16-,17+/m0/s1. The van der Waals surface area contributed by atoms with Crippen molar-refractivity contribution in [1.82, 2.24) is 10.3 Å². The molecule has 0 bridgehead atoms. The fourth-order valence-electron chi connectivity index (χ4n) is 4.03. The van der Waals surface area contributed by atoms with Crippen LogP contribution in [-0.2, 0) is 6.18 Å². The van der Waals surface area contributed by atoms with E-state index in [-0.39, 0.29) is 23.5 Å². The maximum atomic E-state index is 13.4. The summed E-state index contributed by atoms with van der Waals surface area (Å²) in [5.41, 5.74) is 0.0543. The third-order valence-electron chi connectivity index (χ3n) is 5.52. The quantitative estimate of drug-likeness (QED) is 0.435. The Morgan fingerprint density at radius 3 is 2.50 bits per heavy atom. The maximum absolute atomic E-state index is 13.4. The van der Waals surface area contributed by atoms with Gasteiger partial charge in [0.15, 0.2) is 0 Å². The molecule has 0 spiro atoms. The molecule has 1 aliphatic carbocycles. The summed E-state index contributed by atoms with van der Waals surface area (Å²) in [5.74, 6) is -0.223. The molecule has 32 heavy (non-hydrogen) atoms. The third kappa shape index (κ3) is 5.27. The van der Waals surface area contributed by atoms with Crippen LogP contribution >= 0.6 is 23.2 Å². The Bertz CT molecular complexity index is 1150. The molecule has 1 saturated carbocycles. The third-order valence-corrected chi connectivity index (χ3v) is 5.99. The lowest BCUT2D eigenvalue weighted by Gasteiger charge is -2.31. The lowest BCUT2D eigenvalue weighted by molar-refractivity contribution is -0.140. The molecule has 3 aromatic rings. The van der Waals surface area contributed by atoms with Gasteiger partial charge in [-0.05, 0) is 68.1 Å². The largest absolute Gasteiger partial charge is 0.433 e. The molecule has 1 amide bonds. The number of amides is 1. The first-order valence-corrected chi connectivity index (χ1v) is 10.9. The number of alkyl halides is 3. The lowest BCUT2D eigenvalue weighted by atomic mass is 9.90. The van der Waals surface area contributed by atoms with Crippen LogP contribution in [0, 0.1) is 0 Å². The number of anilines is 1. The molecule has 1 heterocycles. The first-order chi connectivity index (χ1) is 15.2. The summed E-state index contributed by atoms with van der Waals surface area (Å²) in [6.07, 6.45) is -1.59. The molecule has 2 aromatic carbocycles. The van der Waals surface area contributed by atoms with Crippen LogP contribution in [0.25, 0.3) is 10.9 Å². The van der Waals surface area contributed by atoms with Crippen molar-refractivity contribution >= 4 is 45.7 Å². The minimum Gasteiger partial charge on any atom is -0.382 e. The molecule has 1 aromatic heterocycles. The monoisotopic (exact) mass is 481 g/mol. The Morgan fingerprint density at radius 1 is 1.00 bits per heavy atom. The smallest absolute Gasteiger partial charge is 0.382 e. The zero-order valence-electron chi connectivity index (χ0n) is 16.8. The fraction of sp³-hybridized carbons (Fsp3) is 0.304. The second-order valence-corrected chi connectivity index (χ2v) is 8.78. The molecule has 1 aliphatic rings. The molecule has 1 fully saturated rings. The van der Waals surface area contributed by atoms with Crippen LogP contribution in [0.4, 0.5) is 18.9 Å². The number of halogens is 5. The van der Waals surface area contributed by atoms with Crippen molar-refractivity contribution in [3.8, 4) is 0 Å². The Morgan fingerprint density at radius 2 is 1.75 bits per heavy atom. The van der Waals surface area contributed by atoms with Gasteiger partial charge in [0, 0.05) is 38.8 Å². The van der Waals surface area contributed by atoms with Gasteiger partial charge in [-0.1, -0.05) is 29.3 Å². The number of fused-ring (bicyclic) bond motifs is 1. The summed E-state index contributed by atoms with van der Waals surface area (Å²) >= 11 is 12.0. The second kappa shape index (κ2) is 9.16. The van der Waals surface area contributed by atoms with E-state index in [0.717, 1.165) is 25.3 Å². The van der Waals surface area contributed by atoms with Crippen molar-refractivity contribution in [1.29, 1.82) is 0 Å². The number of pyridine rings is 1. The Balaban J connectivity index is 1.53. The van der Waals surface area contributed by atoms with Gasteiger partial charge in [0.05, 0.1) is 5.52 Å². The van der Waals surface area contributed by atoms with Crippen molar-refractivity contribution in [2.45, 2.75) is 43.9 Å². The average Bonchev–Trinajstić information content (AvgIpc) is 2.73. The van der Waals surface area contributed by atoms with Crippen molar-refractivity contribution in [3.05, 3.63) is 69.8 Å². The molecule has 0 aliphatic heterocycles. The van der Waals surface area contributed by atoms with E-state index in [4.69, 9.17) is 23.2 Å². The van der Waals surface area contributed by atoms with Crippen LogP contribution in [0.2, 0.25) is 10.0 Å². The number of carbonyl (C=O) groups is 1. The molecule has 4 rings (SSSR count). The molecule has 0 saturated heterocycles. The molecule has 168 valence electrons. The zero-order chi connectivity index (χ0) is 22.9. The van der Waals surface area contributed by atoms with Crippen molar-refractivity contribution in [3.63, 3.8) is 0 Å². The van der Waals surface area contributed by atoms with Gasteiger partial charge in [-0.3, -0.25) is 4.79 Å². The van der Waals surface area contributed by atoms with E-state index < -0.39 is 11.9 Å². The Labute approximate surface area is 193 Å². The number of hydrogen-bond acceptors (Lipinski definition) is 3. The maximum Gasteiger partial charge on any atom is 0.433 e. The Hall–Kier alpha value is -2.51. The van der Waals surface area contributed by atoms with E-state index in [9.17, 15) is 18.0 Å². The topological polar surface area (TPSA) is 54.0 Å². The first kappa shape index (κ1) is 22.7. The first-order valence-electron chi connectivity index (χ1n) is 10.2. The molecule has 9 heteroatoms. The van der Waals surface area contributed by atoms with Gasteiger partial charge < -0.3 is 10.6 Å². The Kier molecular flexibility index (Phi) is 6.49. The van der Waals surface area contributed by atoms with Crippen LogP contribution in [0.5, 0.6) is 0 Å². The predicted octanol–water partition coefficient (Wildman–Crippen LogP) is 6.71. The average molecular weight is 482 g/mol. The number of nitrogens with one attached hydrogen (secondary N) is 2. The molecular formula is C23H20Cl2F3N3O. The minimum absolute atomic E-state index is 0.105. The summed E-state index contributed by atoms with van der Waals surface area (Å²) in [6.45, 7) is 0. The van der Waals surface area contributed by atoms with Gasteiger partial charge in [0.1, 0.15) is 5.69 Å². The van der Waals surface area contributed by atoms with Crippen molar-refractivity contribution < 1.29 is 18.0 Å². The van der Waals surface area contributed by atoms with Crippen molar-refractivity contribution in [2.24, 2.45) is 0 Å². The molecule has 2 atom stereocenters. The number of carbonyl (C=O) groups excluding carboxylic acids is 1. The van der Waals surface area contributed by atoms with E-state index in [1.807, 2.05) is 0 Å². The van der Waals surface area contributed by atoms with Gasteiger partial charge in [0.25, 0.3) is 5.91 Å². The van der Waals surface area contributed by atoms with Gasteiger partial charge in [-0.25, -0.2) is 4.98 Å². The number of benzene rings is 2. The number of hydrogen-bond donors (Lipinski definition) is 2. The molecule has 0 radical (unpaired) electrons. The van der Waals surface area contributed by atoms with Gasteiger partial charge in [-0.15, -0.1) is 0 Å². The lowest BCUT2D eigenvalue weighted by Crippen LogP contribution is -2.41. The van der Waals surface area contributed by atoms with Crippen molar-refractivity contribution in [2.75, 3.05) is 5.32 Å². The summed E-state index contributed by atoms with van der Waals surface area (Å²) < 4.78 is 40.1. The van der Waals surface area contributed by atoms with Crippen LogP contribution in [0.1, 0.15) is 41.7 Å². The van der Waals surface area contributed by atoms with E-state index >= 15 is 0 Å². The highest BCUT2D eigenvalue weighted by atomic mass is 35.5. The summed E-state index contributed by atoms with van der Waals surface area (Å²) in [5, 5.41) is 7.67. The van der Waals surface area contributed by atoms with Gasteiger partial charge in [-0.2, -0.15) is 13.2 Å². The van der Waals surface area contributed by atoms with Crippen LogP contribution < -0.4 is 10.6 Å². The second-order valence-electron chi connectivity index (χ2n) is 7.90. The molecule has 0 unspecified atom stereocenters. The SMILES string of the molecule is O=C(N[C@@H]1CCC[C@H](Nc2cc(C(F)(F)F)nc3ccc(Cl)cc23)C1)c1cccc(Cl)c1. The molecular weight excluding hydrogens is 462 g/mol.